The third kappa shape index (κ3) is 1.28. The van der Waals surface area contributed by atoms with E-state index >= 15 is 0 Å². The first-order valence-corrected chi connectivity index (χ1v) is 6.98. The minimum absolute atomic E-state index is 0.0107. The van der Waals surface area contributed by atoms with Gasteiger partial charge in [-0.3, -0.25) is 4.90 Å². The fraction of sp³-hybridized carbons (Fsp3) is 0.294. The molecule has 0 saturated carbocycles. The van der Waals surface area contributed by atoms with Gasteiger partial charge in [-0.15, -0.1) is 0 Å². The summed E-state index contributed by atoms with van der Waals surface area (Å²) in [6.45, 7) is 2.22. The van der Waals surface area contributed by atoms with Crippen molar-refractivity contribution in [3.05, 3.63) is 47.0 Å². The summed E-state index contributed by atoms with van der Waals surface area (Å²) in [4.78, 5) is 2.39. The van der Waals surface area contributed by atoms with Gasteiger partial charge in [0.05, 0.1) is 0 Å². The van der Waals surface area contributed by atoms with E-state index in [9.17, 15) is 10.2 Å². The van der Waals surface area contributed by atoms with Gasteiger partial charge in [0.1, 0.15) is 0 Å². The molecule has 0 saturated heterocycles. The minimum Gasteiger partial charge on any atom is -0.504 e. The van der Waals surface area contributed by atoms with Crippen LogP contribution in [-0.4, -0.2) is 22.2 Å². The van der Waals surface area contributed by atoms with Crippen molar-refractivity contribution in [2.45, 2.75) is 25.4 Å². The highest BCUT2D eigenvalue weighted by molar-refractivity contribution is 5.82. The van der Waals surface area contributed by atoms with Crippen LogP contribution in [0.3, 0.4) is 0 Å². The van der Waals surface area contributed by atoms with Crippen molar-refractivity contribution in [3.63, 3.8) is 0 Å². The van der Waals surface area contributed by atoms with Crippen LogP contribution in [0.5, 0.6) is 11.5 Å². The molecule has 1 aliphatic heterocycles. The summed E-state index contributed by atoms with van der Waals surface area (Å²) in [5.74, 6) is -0.0317. The number of phenolic OH excluding ortho intramolecular Hbond substituents is 2. The summed E-state index contributed by atoms with van der Waals surface area (Å²) in [7, 11) is 2.16. The lowest BCUT2D eigenvalue weighted by atomic mass is 9.81. The van der Waals surface area contributed by atoms with Crippen LogP contribution >= 0.6 is 0 Å². The lowest BCUT2D eigenvalue weighted by molar-refractivity contribution is 0.216. The predicted molar refractivity (Wildman–Crippen MR) is 77.8 cm³/mol. The maximum Gasteiger partial charge on any atom is 0.165 e. The van der Waals surface area contributed by atoms with Crippen molar-refractivity contribution in [1.29, 1.82) is 0 Å². The van der Waals surface area contributed by atoms with Crippen LogP contribution in [0.2, 0.25) is 0 Å². The summed E-state index contributed by atoms with van der Waals surface area (Å²) in [5.41, 5.74) is 5.63. The second-order valence-electron chi connectivity index (χ2n) is 5.84. The van der Waals surface area contributed by atoms with Crippen molar-refractivity contribution >= 4 is 0 Å². The molecule has 2 aromatic carbocycles. The summed E-state index contributed by atoms with van der Waals surface area (Å²) >= 11 is 0. The van der Waals surface area contributed by atoms with Gasteiger partial charge in [0, 0.05) is 17.6 Å². The normalized spacial score (nSPS) is 23.5. The third-order valence-electron chi connectivity index (χ3n) is 4.95. The Labute approximate surface area is 118 Å². The molecule has 20 heavy (non-hydrogen) atoms. The monoisotopic (exact) mass is 267 g/mol. The van der Waals surface area contributed by atoms with Crippen LogP contribution in [0.25, 0.3) is 11.1 Å². The van der Waals surface area contributed by atoms with E-state index in [1.807, 2.05) is 12.1 Å². The van der Waals surface area contributed by atoms with Gasteiger partial charge in [-0.05, 0) is 48.7 Å². The fourth-order valence-corrected chi connectivity index (χ4v) is 3.78. The number of hydrogen-bond acceptors (Lipinski definition) is 3. The Morgan fingerprint density at radius 1 is 1.15 bits per heavy atom. The summed E-state index contributed by atoms with van der Waals surface area (Å²) in [5, 5.41) is 20.1. The molecule has 2 atom stereocenters. The van der Waals surface area contributed by atoms with Crippen molar-refractivity contribution in [1.82, 2.24) is 4.90 Å². The van der Waals surface area contributed by atoms with Crippen LogP contribution in [-0.2, 0) is 6.42 Å². The molecule has 0 fully saturated rings. The van der Waals surface area contributed by atoms with Crippen LogP contribution in [0.4, 0.5) is 0 Å². The van der Waals surface area contributed by atoms with E-state index in [1.54, 1.807) is 6.07 Å². The van der Waals surface area contributed by atoms with E-state index in [-0.39, 0.29) is 11.5 Å². The Bertz CT molecular complexity index is 723. The molecular formula is C17H17NO2. The maximum absolute atomic E-state index is 10.3. The number of hydrogen-bond donors (Lipinski definition) is 2. The number of rotatable bonds is 0. The number of likely N-dealkylation sites (N-methyl/N-ethyl adjacent to an activating group) is 1. The van der Waals surface area contributed by atoms with Gasteiger partial charge in [-0.1, -0.05) is 24.3 Å². The highest BCUT2D eigenvalue weighted by atomic mass is 16.3. The number of phenols is 2. The highest BCUT2D eigenvalue weighted by Crippen LogP contribution is 2.53. The Kier molecular flexibility index (Phi) is 2.22. The molecule has 2 aliphatic rings. The third-order valence-corrected chi connectivity index (χ3v) is 4.95. The smallest absolute Gasteiger partial charge is 0.165 e. The van der Waals surface area contributed by atoms with Crippen molar-refractivity contribution < 1.29 is 10.2 Å². The van der Waals surface area contributed by atoms with Gasteiger partial charge < -0.3 is 10.2 Å². The minimum atomic E-state index is -0.0424. The molecule has 1 aliphatic carbocycles. The number of aromatic hydroxyl groups is 2. The molecule has 1 heterocycles. The highest BCUT2D eigenvalue weighted by Gasteiger charge is 2.39. The lowest BCUT2D eigenvalue weighted by Crippen LogP contribution is -2.23. The molecule has 3 nitrogen and oxygen atoms in total. The Morgan fingerprint density at radius 3 is 2.75 bits per heavy atom. The van der Waals surface area contributed by atoms with Gasteiger partial charge >= 0.3 is 0 Å². The second kappa shape index (κ2) is 3.76. The fourth-order valence-electron chi connectivity index (χ4n) is 3.78. The van der Waals surface area contributed by atoms with Crippen molar-refractivity contribution in [3.8, 4) is 22.6 Å². The molecule has 0 aromatic heterocycles. The number of nitrogens with zero attached hydrogens (tertiary/aromatic N) is 1. The van der Waals surface area contributed by atoms with Gasteiger partial charge in [-0.2, -0.15) is 0 Å². The van der Waals surface area contributed by atoms with E-state index in [0.717, 1.165) is 23.1 Å². The van der Waals surface area contributed by atoms with E-state index in [2.05, 4.69) is 31.0 Å². The predicted octanol–water partition coefficient (Wildman–Crippen LogP) is 3.37. The Morgan fingerprint density at radius 2 is 1.95 bits per heavy atom. The van der Waals surface area contributed by atoms with Gasteiger partial charge in [-0.25, -0.2) is 0 Å². The quantitative estimate of drug-likeness (QED) is 0.719. The van der Waals surface area contributed by atoms with Gasteiger partial charge in [0.2, 0.25) is 0 Å². The van der Waals surface area contributed by atoms with E-state index in [4.69, 9.17) is 0 Å². The molecule has 3 heteroatoms. The summed E-state index contributed by atoms with van der Waals surface area (Å²) in [6, 6.07) is 10.5. The molecule has 0 unspecified atom stereocenters. The number of fused-ring (bicyclic) bond motifs is 2. The summed E-state index contributed by atoms with van der Waals surface area (Å²) in [6.07, 6.45) is 0.883. The molecule has 4 rings (SSSR count). The first-order chi connectivity index (χ1) is 9.59. The Hall–Kier alpha value is -2.00. The standard InChI is InChI=1S/C17H17NO2/c1-9-11-4-3-5-12-15-10(6-7-14(19)17(15)20)8-13(16(11)12)18(9)2/h3-7,9,13,19-20H,8H2,1-2H3/t9-,13-/m0/s1. The molecule has 0 amide bonds. The van der Waals surface area contributed by atoms with Crippen molar-refractivity contribution in [2.24, 2.45) is 0 Å². The van der Waals surface area contributed by atoms with Gasteiger partial charge in [0.25, 0.3) is 0 Å². The molecule has 2 N–H and O–H groups in total. The van der Waals surface area contributed by atoms with E-state index in [0.29, 0.717) is 12.1 Å². The van der Waals surface area contributed by atoms with Crippen LogP contribution in [0, 0.1) is 0 Å². The van der Waals surface area contributed by atoms with Crippen molar-refractivity contribution in [2.75, 3.05) is 7.05 Å². The Balaban J connectivity index is 2.07. The zero-order valence-corrected chi connectivity index (χ0v) is 11.6. The molecule has 0 radical (unpaired) electrons. The first kappa shape index (κ1) is 11.8. The largest absolute Gasteiger partial charge is 0.504 e. The van der Waals surface area contributed by atoms with E-state index in [1.165, 1.54) is 11.1 Å². The number of benzene rings is 2. The molecule has 2 aromatic rings. The molecule has 0 bridgehead atoms. The molecule has 0 spiro atoms. The SMILES string of the molecule is C[C@H]1c2cccc3c2[C@H](Cc2ccc(O)c(O)c2-3)N1C. The molecular weight excluding hydrogens is 250 g/mol. The average Bonchev–Trinajstić information content (AvgIpc) is 2.70. The van der Waals surface area contributed by atoms with Gasteiger partial charge in [0.15, 0.2) is 11.5 Å². The second-order valence-corrected chi connectivity index (χ2v) is 5.84. The molecule has 102 valence electrons. The summed E-state index contributed by atoms with van der Waals surface area (Å²) < 4.78 is 0. The van der Waals surface area contributed by atoms with Crippen LogP contribution in [0.15, 0.2) is 30.3 Å². The topological polar surface area (TPSA) is 43.7 Å². The zero-order chi connectivity index (χ0) is 14.0. The lowest BCUT2D eigenvalue weighted by Gasteiger charge is -2.30. The van der Waals surface area contributed by atoms with Crippen LogP contribution in [0.1, 0.15) is 35.7 Å². The van der Waals surface area contributed by atoms with E-state index < -0.39 is 0 Å². The maximum atomic E-state index is 10.3. The van der Waals surface area contributed by atoms with Crippen LogP contribution < -0.4 is 0 Å². The zero-order valence-electron chi connectivity index (χ0n) is 11.6. The average molecular weight is 267 g/mol. The first-order valence-electron chi connectivity index (χ1n) is 6.98.